The standard InChI is InChI=1S/C33H46N6O7S/c1-20(22-7-9-23(10-8-22)29-21(2)34-19-47-29)35-31(44)25-15-24(40)17-39(25)32(45)30(33(3,4)5)36-26(41)18-37-11-13-38(14-12-37)27(42)16-28(43)46-6/h7-10,19-20,24-25,30,40H,11-18H2,1-6H3,(H,35,44)(H,36,41)/t20-,24+,25-,30+/m0/s1. The predicted molar refractivity (Wildman–Crippen MR) is 176 cm³/mol. The Morgan fingerprint density at radius 2 is 1.72 bits per heavy atom. The number of hydrogen-bond donors (Lipinski definition) is 3. The van der Waals surface area contributed by atoms with Crippen molar-refractivity contribution in [2.45, 2.75) is 71.7 Å². The molecule has 14 heteroatoms. The number of amides is 4. The Bertz CT molecular complexity index is 1450. The summed E-state index contributed by atoms with van der Waals surface area (Å²) in [7, 11) is 1.23. The lowest BCUT2D eigenvalue weighted by Crippen LogP contribution is -2.59. The summed E-state index contributed by atoms with van der Waals surface area (Å²) in [6.07, 6.45) is -1.10. The number of hydrogen-bond acceptors (Lipinski definition) is 10. The predicted octanol–water partition coefficient (Wildman–Crippen LogP) is 1.50. The maximum Gasteiger partial charge on any atom is 0.315 e. The van der Waals surface area contributed by atoms with Crippen LogP contribution in [0.25, 0.3) is 10.4 Å². The average Bonchev–Trinajstić information content (AvgIpc) is 3.64. The van der Waals surface area contributed by atoms with E-state index < -0.39 is 35.5 Å². The van der Waals surface area contributed by atoms with Crippen molar-refractivity contribution in [2.24, 2.45) is 5.41 Å². The molecule has 4 amide bonds. The molecule has 0 spiro atoms. The van der Waals surface area contributed by atoms with Crippen LogP contribution < -0.4 is 10.6 Å². The monoisotopic (exact) mass is 670 g/mol. The van der Waals surface area contributed by atoms with Crippen molar-refractivity contribution in [2.75, 3.05) is 46.4 Å². The summed E-state index contributed by atoms with van der Waals surface area (Å²) in [5.74, 6) is -2.08. The highest BCUT2D eigenvalue weighted by atomic mass is 32.1. The van der Waals surface area contributed by atoms with Crippen LogP contribution in [0.5, 0.6) is 0 Å². The number of esters is 1. The Kier molecular flexibility index (Phi) is 11.7. The molecule has 0 unspecified atom stereocenters. The second-order valence-corrected chi connectivity index (χ2v) is 14.1. The van der Waals surface area contributed by atoms with Gasteiger partial charge in [0.1, 0.15) is 18.5 Å². The molecule has 3 N–H and O–H groups in total. The number of likely N-dealkylation sites (tertiary alicyclic amines) is 1. The molecule has 256 valence electrons. The molecule has 1 aromatic heterocycles. The largest absolute Gasteiger partial charge is 0.469 e. The molecule has 2 aliphatic rings. The van der Waals surface area contributed by atoms with Crippen molar-refractivity contribution in [1.82, 2.24) is 30.3 Å². The first-order valence-electron chi connectivity index (χ1n) is 15.8. The fourth-order valence-electron chi connectivity index (χ4n) is 5.89. The highest BCUT2D eigenvalue weighted by Crippen LogP contribution is 2.29. The van der Waals surface area contributed by atoms with Crippen molar-refractivity contribution in [1.29, 1.82) is 0 Å². The van der Waals surface area contributed by atoms with E-state index in [4.69, 9.17) is 0 Å². The molecular weight excluding hydrogens is 624 g/mol. The number of piperazine rings is 1. The Morgan fingerprint density at radius 3 is 2.30 bits per heavy atom. The summed E-state index contributed by atoms with van der Waals surface area (Å²) in [6.45, 7) is 10.9. The zero-order chi connectivity index (χ0) is 34.5. The van der Waals surface area contributed by atoms with E-state index in [0.717, 1.165) is 21.7 Å². The summed E-state index contributed by atoms with van der Waals surface area (Å²) in [5.41, 5.74) is 4.03. The lowest BCUT2D eigenvalue weighted by molar-refractivity contribution is -0.147. The van der Waals surface area contributed by atoms with Crippen LogP contribution in [0, 0.1) is 12.3 Å². The molecule has 2 aromatic rings. The molecule has 1 aromatic carbocycles. The minimum absolute atomic E-state index is 0.0157. The first kappa shape index (κ1) is 36.0. The van der Waals surface area contributed by atoms with Gasteiger partial charge in [0, 0.05) is 39.1 Å². The Morgan fingerprint density at radius 1 is 1.06 bits per heavy atom. The third kappa shape index (κ3) is 9.14. The third-order valence-electron chi connectivity index (χ3n) is 8.68. The van der Waals surface area contributed by atoms with Crippen LogP contribution in [0.4, 0.5) is 0 Å². The van der Waals surface area contributed by atoms with E-state index in [0.29, 0.717) is 26.2 Å². The highest BCUT2D eigenvalue weighted by Gasteiger charge is 2.44. The minimum Gasteiger partial charge on any atom is -0.469 e. The van der Waals surface area contributed by atoms with Gasteiger partial charge in [-0.3, -0.25) is 28.9 Å². The summed E-state index contributed by atoms with van der Waals surface area (Å²) in [5, 5.41) is 16.4. The smallest absolute Gasteiger partial charge is 0.315 e. The third-order valence-corrected chi connectivity index (χ3v) is 9.65. The number of nitrogens with zero attached hydrogens (tertiary/aromatic N) is 4. The number of aromatic nitrogens is 1. The molecule has 0 bridgehead atoms. The molecule has 2 aliphatic heterocycles. The summed E-state index contributed by atoms with van der Waals surface area (Å²) in [4.78, 5) is 74.6. The van der Waals surface area contributed by atoms with Crippen LogP contribution in [-0.4, -0.2) is 119 Å². The van der Waals surface area contributed by atoms with Crippen LogP contribution in [0.2, 0.25) is 0 Å². The Balaban J connectivity index is 1.36. The number of aliphatic hydroxyl groups excluding tert-OH is 1. The van der Waals surface area contributed by atoms with Crippen molar-refractivity contribution >= 4 is 40.9 Å². The number of β-amino-alcohol motifs (C(OH)–C–C–N with tert-alkyl or cyclic N) is 1. The van der Waals surface area contributed by atoms with Crippen molar-refractivity contribution in [3.05, 3.63) is 41.0 Å². The number of carbonyl (C=O) groups is 5. The number of nitrogens with one attached hydrogen (secondary N) is 2. The highest BCUT2D eigenvalue weighted by molar-refractivity contribution is 7.13. The zero-order valence-electron chi connectivity index (χ0n) is 27.9. The molecular formula is C33H46N6O7S. The van der Waals surface area contributed by atoms with E-state index in [9.17, 15) is 29.1 Å². The first-order chi connectivity index (χ1) is 22.2. The van der Waals surface area contributed by atoms with Crippen LogP contribution in [0.15, 0.2) is 29.8 Å². The molecule has 13 nitrogen and oxygen atoms in total. The van der Waals surface area contributed by atoms with Gasteiger partial charge in [-0.25, -0.2) is 4.98 Å². The summed E-state index contributed by atoms with van der Waals surface area (Å²) >= 11 is 1.57. The van der Waals surface area contributed by atoms with Gasteiger partial charge in [-0.05, 0) is 30.4 Å². The van der Waals surface area contributed by atoms with E-state index in [1.54, 1.807) is 16.2 Å². The van der Waals surface area contributed by atoms with Gasteiger partial charge in [0.2, 0.25) is 23.6 Å². The van der Waals surface area contributed by atoms with E-state index in [1.165, 1.54) is 12.0 Å². The fourth-order valence-corrected chi connectivity index (χ4v) is 6.70. The van der Waals surface area contributed by atoms with Gasteiger partial charge in [0.05, 0.1) is 41.9 Å². The quantitative estimate of drug-likeness (QED) is 0.251. The van der Waals surface area contributed by atoms with Gasteiger partial charge in [0.25, 0.3) is 0 Å². The van der Waals surface area contributed by atoms with Crippen molar-refractivity contribution in [3.8, 4) is 10.4 Å². The van der Waals surface area contributed by atoms with Gasteiger partial charge in [-0.15, -0.1) is 11.3 Å². The molecule has 47 heavy (non-hydrogen) atoms. The number of aliphatic hydroxyl groups is 1. The second-order valence-electron chi connectivity index (χ2n) is 13.3. The van der Waals surface area contributed by atoms with E-state index >= 15 is 0 Å². The normalized spacial score (nSPS) is 20.0. The average molecular weight is 671 g/mol. The van der Waals surface area contributed by atoms with Crippen LogP contribution in [0.3, 0.4) is 0 Å². The molecule has 3 heterocycles. The number of methoxy groups -OCH3 is 1. The van der Waals surface area contributed by atoms with Crippen LogP contribution >= 0.6 is 11.3 Å². The topological polar surface area (TPSA) is 161 Å². The maximum atomic E-state index is 14.0. The number of thiazole rings is 1. The van der Waals surface area contributed by atoms with Gasteiger partial charge in [-0.2, -0.15) is 0 Å². The van der Waals surface area contributed by atoms with Crippen LogP contribution in [0.1, 0.15) is 57.8 Å². The van der Waals surface area contributed by atoms with E-state index in [1.807, 2.05) is 69.3 Å². The number of rotatable bonds is 10. The van der Waals surface area contributed by atoms with E-state index in [-0.39, 0.29) is 49.7 Å². The maximum absolute atomic E-state index is 14.0. The SMILES string of the molecule is COC(=O)CC(=O)N1CCN(CC(=O)N[C@H](C(=O)N2C[C@H](O)C[C@H]2C(=O)N[C@@H](C)c2ccc(-c3scnc3C)cc2)C(C)(C)C)CC1. The first-order valence-corrected chi connectivity index (χ1v) is 16.7. The number of benzene rings is 1. The Hall–Kier alpha value is -3.88. The molecule has 0 aliphatic carbocycles. The number of aryl methyl sites for hydroxylation is 1. The number of ether oxygens (including phenoxy) is 1. The lowest BCUT2D eigenvalue weighted by atomic mass is 9.85. The minimum atomic E-state index is -0.946. The Labute approximate surface area is 279 Å². The van der Waals surface area contributed by atoms with Crippen molar-refractivity contribution in [3.63, 3.8) is 0 Å². The second kappa shape index (κ2) is 15.3. The van der Waals surface area contributed by atoms with Gasteiger partial charge in [-0.1, -0.05) is 45.0 Å². The summed E-state index contributed by atoms with van der Waals surface area (Å²) in [6, 6.07) is 5.72. The molecule has 2 fully saturated rings. The van der Waals surface area contributed by atoms with Gasteiger partial charge < -0.3 is 30.3 Å². The zero-order valence-corrected chi connectivity index (χ0v) is 28.8. The molecule has 4 rings (SSSR count). The van der Waals surface area contributed by atoms with Crippen molar-refractivity contribution < 1.29 is 33.8 Å². The lowest BCUT2D eigenvalue weighted by Gasteiger charge is -2.37. The summed E-state index contributed by atoms with van der Waals surface area (Å²) < 4.78 is 4.57. The molecule has 0 radical (unpaired) electrons. The van der Waals surface area contributed by atoms with Gasteiger partial charge >= 0.3 is 5.97 Å². The van der Waals surface area contributed by atoms with Gasteiger partial charge in [0.15, 0.2) is 0 Å². The number of carbonyl (C=O) groups excluding carboxylic acids is 5. The molecule has 2 saturated heterocycles. The van der Waals surface area contributed by atoms with E-state index in [2.05, 4.69) is 20.4 Å². The van der Waals surface area contributed by atoms with Crippen LogP contribution in [-0.2, 0) is 28.7 Å². The fraction of sp³-hybridized carbons (Fsp3) is 0.576. The molecule has 0 saturated carbocycles. The molecule has 4 atom stereocenters.